The number of benzene rings is 2. The maximum Gasteiger partial charge on any atom is 0.420 e. The first kappa shape index (κ1) is 19.7. The maximum absolute atomic E-state index is 13.3. The molecule has 10 heteroatoms. The highest BCUT2D eigenvalue weighted by Gasteiger charge is 2.36. The van der Waals surface area contributed by atoms with E-state index in [1.807, 2.05) is 6.92 Å². The number of hydrogen-bond donors (Lipinski definition) is 0. The lowest BCUT2D eigenvalue weighted by molar-refractivity contribution is -0.385. The van der Waals surface area contributed by atoms with Gasteiger partial charge in [0.1, 0.15) is 22.6 Å². The van der Waals surface area contributed by atoms with Gasteiger partial charge in [0.15, 0.2) is 0 Å². The third-order valence-corrected chi connectivity index (χ3v) is 4.26. The lowest BCUT2D eigenvalue weighted by Crippen LogP contribution is -2.08. The van der Waals surface area contributed by atoms with Crippen LogP contribution in [0.1, 0.15) is 18.1 Å². The van der Waals surface area contributed by atoms with Crippen molar-refractivity contribution in [2.45, 2.75) is 19.5 Å². The zero-order valence-electron chi connectivity index (χ0n) is 14.2. The van der Waals surface area contributed by atoms with Gasteiger partial charge in [0.05, 0.1) is 9.95 Å². The van der Waals surface area contributed by atoms with Crippen molar-refractivity contribution in [2.24, 2.45) is 0 Å². The lowest BCUT2D eigenvalue weighted by Gasteiger charge is -2.15. The fourth-order valence-electron chi connectivity index (χ4n) is 2.66. The smallest absolute Gasteiger partial charge is 0.420 e. The fourth-order valence-corrected chi connectivity index (χ4v) is 2.86. The normalized spacial score (nSPS) is 11.6. The topological polar surface area (TPSA) is 82.6 Å². The van der Waals surface area contributed by atoms with E-state index >= 15 is 0 Å². The van der Waals surface area contributed by atoms with Crippen LogP contribution in [0.4, 0.5) is 18.9 Å². The summed E-state index contributed by atoms with van der Waals surface area (Å²) in [4.78, 5) is 21.5. The summed E-state index contributed by atoms with van der Waals surface area (Å²) >= 11 is 6.14. The Morgan fingerprint density at radius 2 is 1.89 bits per heavy atom. The molecule has 0 radical (unpaired) electrons. The first-order valence-electron chi connectivity index (χ1n) is 7.90. The molecule has 6 nitrogen and oxygen atoms in total. The van der Waals surface area contributed by atoms with Crippen molar-refractivity contribution in [3.63, 3.8) is 0 Å². The van der Waals surface area contributed by atoms with Crippen molar-refractivity contribution in [1.82, 2.24) is 0 Å². The number of alkyl halides is 3. The van der Waals surface area contributed by atoms with Gasteiger partial charge < -0.3 is 9.15 Å². The predicted octanol–water partition coefficient (Wildman–Crippen LogP) is 5.73. The van der Waals surface area contributed by atoms with E-state index in [4.69, 9.17) is 20.8 Å². The molecule has 1 heterocycles. The Morgan fingerprint density at radius 3 is 2.50 bits per heavy atom. The molecular formula is C18H11ClF3NO5. The summed E-state index contributed by atoms with van der Waals surface area (Å²) in [5.41, 5.74) is -1.93. The van der Waals surface area contributed by atoms with E-state index in [2.05, 4.69) is 0 Å². The van der Waals surface area contributed by atoms with Crippen LogP contribution >= 0.6 is 11.6 Å². The third kappa shape index (κ3) is 3.79. The molecule has 2 aromatic carbocycles. The van der Waals surface area contributed by atoms with Gasteiger partial charge in [0.2, 0.25) is 0 Å². The minimum absolute atomic E-state index is 0.0115. The molecule has 0 atom stereocenters. The largest absolute Gasteiger partial charge is 0.455 e. The number of nitro benzene ring substituents is 1. The molecule has 0 aliphatic rings. The maximum atomic E-state index is 13.3. The lowest BCUT2D eigenvalue weighted by atomic mass is 10.1. The number of rotatable bonds is 4. The van der Waals surface area contributed by atoms with Crippen molar-refractivity contribution in [3.05, 3.63) is 73.1 Å². The molecule has 3 aromatic rings. The summed E-state index contributed by atoms with van der Waals surface area (Å²) in [5, 5.41) is 11.3. The number of aryl methyl sites for hydroxylation is 1. The van der Waals surface area contributed by atoms with Gasteiger partial charge in [0, 0.05) is 29.7 Å². The molecule has 0 unspecified atom stereocenters. The van der Waals surface area contributed by atoms with Crippen LogP contribution in [-0.4, -0.2) is 4.92 Å². The van der Waals surface area contributed by atoms with Gasteiger partial charge in [-0.3, -0.25) is 10.1 Å². The number of non-ortho nitro benzene ring substituents is 1. The van der Waals surface area contributed by atoms with Crippen LogP contribution in [0.25, 0.3) is 11.0 Å². The number of fused-ring (bicyclic) bond motifs is 1. The number of nitrogens with zero attached hydrogens (tertiary/aromatic N) is 1. The molecule has 0 spiro atoms. The number of ether oxygens (including phenoxy) is 1. The van der Waals surface area contributed by atoms with Gasteiger partial charge in [-0.1, -0.05) is 18.5 Å². The molecule has 3 rings (SSSR count). The predicted molar refractivity (Wildman–Crippen MR) is 95.0 cm³/mol. The average Bonchev–Trinajstić information content (AvgIpc) is 2.61. The number of halogens is 4. The molecule has 0 bridgehead atoms. The molecule has 0 fully saturated rings. The van der Waals surface area contributed by atoms with Crippen LogP contribution in [0.3, 0.4) is 0 Å². The molecule has 0 saturated heterocycles. The summed E-state index contributed by atoms with van der Waals surface area (Å²) in [5.74, 6) is -0.863. The van der Waals surface area contributed by atoms with Crippen LogP contribution in [0.5, 0.6) is 11.5 Å². The Hall–Kier alpha value is -3.07. The summed E-state index contributed by atoms with van der Waals surface area (Å²) < 4.78 is 50.3. The molecule has 0 saturated carbocycles. The Kier molecular flexibility index (Phi) is 5.03. The molecule has 146 valence electrons. The molecule has 0 aliphatic heterocycles. The van der Waals surface area contributed by atoms with Gasteiger partial charge in [-0.25, -0.2) is 4.79 Å². The van der Waals surface area contributed by atoms with Gasteiger partial charge in [0.25, 0.3) is 5.69 Å². The summed E-state index contributed by atoms with van der Waals surface area (Å²) in [7, 11) is 0. The highest BCUT2D eigenvalue weighted by atomic mass is 35.5. The van der Waals surface area contributed by atoms with Gasteiger partial charge in [-0.05, 0) is 24.1 Å². The van der Waals surface area contributed by atoms with Gasteiger partial charge in [-0.2, -0.15) is 13.2 Å². The zero-order valence-corrected chi connectivity index (χ0v) is 14.9. The zero-order chi connectivity index (χ0) is 20.6. The van der Waals surface area contributed by atoms with E-state index in [-0.39, 0.29) is 16.4 Å². The Labute approximate surface area is 160 Å². The van der Waals surface area contributed by atoms with Crippen LogP contribution in [0.2, 0.25) is 5.02 Å². The Morgan fingerprint density at radius 1 is 1.18 bits per heavy atom. The SMILES string of the molecule is CCc1cc(=O)oc2cc(Oc3ccc([N+](=O)[O-])cc3C(F)(F)F)c(Cl)cc12. The van der Waals surface area contributed by atoms with Crippen molar-refractivity contribution in [2.75, 3.05) is 0 Å². The fraction of sp³-hybridized carbons (Fsp3) is 0.167. The van der Waals surface area contributed by atoms with E-state index < -0.39 is 33.7 Å². The number of nitro groups is 1. The van der Waals surface area contributed by atoms with Crippen molar-refractivity contribution >= 4 is 28.3 Å². The standard InChI is InChI=1S/C18H11ClF3NO5/c1-2-9-5-17(24)28-15-8-16(13(19)7-11(9)15)27-14-4-3-10(23(25)26)6-12(14)18(20,21)22/h3-8H,2H2,1H3. The van der Waals surface area contributed by atoms with E-state index in [1.54, 1.807) is 0 Å². The average molecular weight is 414 g/mol. The summed E-state index contributed by atoms with van der Waals surface area (Å²) in [6, 6.07) is 6.03. The number of hydrogen-bond acceptors (Lipinski definition) is 5. The van der Waals surface area contributed by atoms with E-state index in [1.165, 1.54) is 18.2 Å². The molecular weight excluding hydrogens is 403 g/mol. The van der Waals surface area contributed by atoms with Crippen LogP contribution in [0.15, 0.2) is 45.6 Å². The second-order valence-corrected chi connectivity index (χ2v) is 6.17. The van der Waals surface area contributed by atoms with Gasteiger partial charge in [-0.15, -0.1) is 0 Å². The first-order chi connectivity index (χ1) is 13.1. The van der Waals surface area contributed by atoms with Crippen LogP contribution in [-0.2, 0) is 12.6 Å². The van der Waals surface area contributed by atoms with E-state index in [0.717, 1.165) is 12.1 Å². The third-order valence-electron chi connectivity index (χ3n) is 3.96. The quantitative estimate of drug-likeness (QED) is 0.310. The van der Waals surface area contributed by atoms with E-state index in [9.17, 15) is 28.1 Å². The van der Waals surface area contributed by atoms with Gasteiger partial charge >= 0.3 is 11.8 Å². The van der Waals surface area contributed by atoms with Crippen LogP contribution in [0, 0.1) is 10.1 Å². The van der Waals surface area contributed by atoms with Crippen molar-refractivity contribution in [1.29, 1.82) is 0 Å². The second-order valence-electron chi connectivity index (χ2n) is 5.76. The molecule has 28 heavy (non-hydrogen) atoms. The molecule has 1 aromatic heterocycles. The van der Waals surface area contributed by atoms with Crippen molar-refractivity contribution in [3.8, 4) is 11.5 Å². The minimum Gasteiger partial charge on any atom is -0.455 e. The van der Waals surface area contributed by atoms with Crippen LogP contribution < -0.4 is 10.4 Å². The Balaban J connectivity index is 2.14. The highest BCUT2D eigenvalue weighted by molar-refractivity contribution is 6.32. The molecule has 0 amide bonds. The molecule has 0 aliphatic carbocycles. The second kappa shape index (κ2) is 7.16. The summed E-state index contributed by atoms with van der Waals surface area (Å²) in [6.45, 7) is 1.82. The molecule has 0 N–H and O–H groups in total. The monoisotopic (exact) mass is 413 g/mol. The first-order valence-corrected chi connectivity index (χ1v) is 8.27. The minimum atomic E-state index is -4.90. The van der Waals surface area contributed by atoms with Crippen molar-refractivity contribution < 1.29 is 27.2 Å². The van der Waals surface area contributed by atoms with E-state index in [0.29, 0.717) is 23.4 Å². The Bertz CT molecular complexity index is 1140. The highest BCUT2D eigenvalue weighted by Crippen LogP contribution is 2.42. The summed E-state index contributed by atoms with van der Waals surface area (Å²) in [6.07, 6.45) is -4.38.